The number of benzene rings is 1. The number of anilines is 1. The number of aliphatic carboxylic acids is 1. The molecule has 4 rings (SSSR count). The Morgan fingerprint density at radius 3 is 2.39 bits per heavy atom. The average molecular weight is 460 g/mol. The second-order valence-corrected chi connectivity index (χ2v) is 8.43. The van der Waals surface area contributed by atoms with Gasteiger partial charge in [-0.25, -0.2) is 27.9 Å². The first kappa shape index (κ1) is 22.7. The topological polar surface area (TPSA) is 122 Å². The zero-order valence-electron chi connectivity index (χ0n) is 16.0. The summed E-state index contributed by atoms with van der Waals surface area (Å²) in [7, 11) is -3.57. The van der Waals surface area contributed by atoms with E-state index in [0.29, 0.717) is 31.1 Å². The highest BCUT2D eigenvalue weighted by Gasteiger charge is 2.38. The van der Waals surface area contributed by atoms with Crippen LogP contribution in [0.15, 0.2) is 47.6 Å². The lowest BCUT2D eigenvalue weighted by molar-refractivity contribution is -0.192. The molecule has 1 aromatic carbocycles. The number of carbonyl (C=O) groups is 1. The highest BCUT2D eigenvalue weighted by Crippen LogP contribution is 2.31. The summed E-state index contributed by atoms with van der Waals surface area (Å²) in [5.41, 5.74) is 0. The van der Waals surface area contributed by atoms with Gasteiger partial charge in [-0.3, -0.25) is 0 Å². The van der Waals surface area contributed by atoms with Crippen LogP contribution in [0.1, 0.15) is 12.8 Å². The Labute approximate surface area is 175 Å². The van der Waals surface area contributed by atoms with Gasteiger partial charge in [-0.1, -0.05) is 12.1 Å². The molecule has 2 N–H and O–H groups in total. The molecule has 0 bridgehead atoms. The van der Waals surface area contributed by atoms with E-state index in [4.69, 9.17) is 14.6 Å². The Morgan fingerprint density at radius 2 is 1.74 bits per heavy atom. The molecule has 2 atom stereocenters. The molecule has 9 nitrogen and oxygen atoms in total. The molecule has 2 aliphatic rings. The van der Waals surface area contributed by atoms with Crippen molar-refractivity contribution in [1.82, 2.24) is 14.7 Å². The minimum absolute atomic E-state index is 0.210. The Hall–Kier alpha value is -2.93. The van der Waals surface area contributed by atoms with E-state index in [-0.39, 0.29) is 17.0 Å². The number of alkyl halides is 3. The summed E-state index contributed by atoms with van der Waals surface area (Å²) in [6, 6.07) is 8.29. The van der Waals surface area contributed by atoms with Crippen LogP contribution < -0.4 is 14.4 Å². The molecule has 2 aromatic rings. The number of hydrogen-bond donors (Lipinski definition) is 2. The molecule has 0 aliphatic carbocycles. The monoisotopic (exact) mass is 460 g/mol. The maximum atomic E-state index is 12.6. The van der Waals surface area contributed by atoms with Crippen molar-refractivity contribution in [2.45, 2.75) is 36.1 Å². The number of para-hydroxylation sites is 1. The Balaban J connectivity index is 0.000000339. The second-order valence-electron chi connectivity index (χ2n) is 6.75. The third-order valence-electron chi connectivity index (χ3n) is 4.64. The van der Waals surface area contributed by atoms with Crippen molar-refractivity contribution in [2.75, 3.05) is 18.0 Å². The minimum Gasteiger partial charge on any atom is -0.487 e. The number of hydrogen-bond acceptors (Lipinski definition) is 7. The Bertz CT molecular complexity index is 1020. The SMILES string of the molecule is O=C(O)C(F)(F)F.O=S1(=O)N[C@H]2CCN(c3ncccn3)CC[C@@H]2Oc2ccccc21. The molecule has 0 unspecified atom stereocenters. The highest BCUT2D eigenvalue weighted by atomic mass is 32.2. The molecule has 0 saturated carbocycles. The number of fused-ring (bicyclic) bond motifs is 2. The van der Waals surface area contributed by atoms with Crippen LogP contribution in [0.4, 0.5) is 19.1 Å². The number of nitrogens with zero attached hydrogens (tertiary/aromatic N) is 3. The first-order chi connectivity index (χ1) is 14.6. The van der Waals surface area contributed by atoms with Crippen molar-refractivity contribution in [3.63, 3.8) is 0 Å². The summed E-state index contributed by atoms with van der Waals surface area (Å²) in [6.07, 6.45) is -0.547. The lowest BCUT2D eigenvalue weighted by Crippen LogP contribution is -2.43. The number of rotatable bonds is 1. The van der Waals surface area contributed by atoms with Gasteiger partial charge in [0, 0.05) is 31.9 Å². The van der Waals surface area contributed by atoms with Crippen molar-refractivity contribution in [1.29, 1.82) is 0 Å². The number of carboxylic acid groups (broad SMARTS) is 1. The van der Waals surface area contributed by atoms with E-state index in [1.54, 1.807) is 42.7 Å². The van der Waals surface area contributed by atoms with Gasteiger partial charge in [0.1, 0.15) is 16.7 Å². The highest BCUT2D eigenvalue weighted by molar-refractivity contribution is 7.89. The lowest BCUT2D eigenvalue weighted by Gasteiger charge is -2.22. The summed E-state index contributed by atoms with van der Waals surface area (Å²) < 4.78 is 65.8. The van der Waals surface area contributed by atoms with E-state index >= 15 is 0 Å². The van der Waals surface area contributed by atoms with Gasteiger partial charge in [-0.2, -0.15) is 13.2 Å². The molecule has 1 fully saturated rings. The van der Waals surface area contributed by atoms with E-state index in [2.05, 4.69) is 19.6 Å². The molecule has 1 aromatic heterocycles. The molecule has 3 heterocycles. The molecule has 0 radical (unpaired) electrons. The summed E-state index contributed by atoms with van der Waals surface area (Å²) in [5, 5.41) is 7.12. The first-order valence-electron chi connectivity index (χ1n) is 9.18. The number of halogens is 3. The maximum Gasteiger partial charge on any atom is 0.490 e. The number of ether oxygens (including phenoxy) is 1. The summed E-state index contributed by atoms with van der Waals surface area (Å²) >= 11 is 0. The minimum atomic E-state index is -5.08. The number of nitrogens with one attached hydrogen (secondary N) is 1. The van der Waals surface area contributed by atoms with Crippen LogP contribution in [0.2, 0.25) is 0 Å². The van der Waals surface area contributed by atoms with Gasteiger partial charge in [0.25, 0.3) is 0 Å². The van der Waals surface area contributed by atoms with Crippen LogP contribution in [-0.2, 0) is 14.8 Å². The smallest absolute Gasteiger partial charge is 0.487 e. The Morgan fingerprint density at radius 1 is 1.13 bits per heavy atom. The van der Waals surface area contributed by atoms with Crippen molar-refractivity contribution >= 4 is 21.9 Å². The molecule has 0 spiro atoms. The third-order valence-corrected chi connectivity index (χ3v) is 6.17. The third kappa shape index (κ3) is 5.61. The van der Waals surface area contributed by atoms with Crippen molar-refractivity contribution in [3.05, 3.63) is 42.7 Å². The number of carboxylic acids is 1. The van der Waals surface area contributed by atoms with Crippen molar-refractivity contribution in [3.8, 4) is 5.75 Å². The van der Waals surface area contributed by atoms with Gasteiger partial charge in [-0.15, -0.1) is 0 Å². The molecule has 1 saturated heterocycles. The van der Waals surface area contributed by atoms with Gasteiger partial charge in [0.05, 0.1) is 6.04 Å². The predicted octanol–water partition coefficient (Wildman–Crippen LogP) is 1.82. The van der Waals surface area contributed by atoms with E-state index in [9.17, 15) is 21.6 Å². The number of aromatic nitrogens is 2. The molecule has 13 heteroatoms. The van der Waals surface area contributed by atoms with E-state index in [0.717, 1.165) is 6.54 Å². The van der Waals surface area contributed by atoms with Gasteiger partial charge >= 0.3 is 12.1 Å². The zero-order chi connectivity index (χ0) is 22.6. The summed E-state index contributed by atoms with van der Waals surface area (Å²) in [4.78, 5) is 19.7. The first-order valence-corrected chi connectivity index (χ1v) is 10.7. The van der Waals surface area contributed by atoms with Crippen molar-refractivity contribution in [2.24, 2.45) is 0 Å². The standard InChI is InChI=1S/C16H18N4O3S.C2HF3O2/c21-24(22)15-5-2-1-4-14(15)23-13-7-11-20(10-6-12(13)19-24)16-17-8-3-9-18-16;3-2(4,5)1(6)7/h1-5,8-9,12-13,19H,6-7,10-11H2;(H,6,7)/t12-,13-;/m0./s1. The van der Waals surface area contributed by atoms with Gasteiger partial charge in [0.2, 0.25) is 16.0 Å². The second kappa shape index (κ2) is 9.06. The maximum absolute atomic E-state index is 12.6. The van der Waals surface area contributed by atoms with Gasteiger partial charge in [-0.05, 0) is 24.6 Å². The molecule has 2 aliphatic heterocycles. The van der Waals surface area contributed by atoms with Crippen LogP contribution in [0.5, 0.6) is 5.75 Å². The molecule has 0 amide bonds. The molecule has 31 heavy (non-hydrogen) atoms. The van der Waals surface area contributed by atoms with Crippen LogP contribution in [0, 0.1) is 0 Å². The average Bonchev–Trinajstić information content (AvgIpc) is 2.96. The van der Waals surface area contributed by atoms with Crippen LogP contribution in [0.25, 0.3) is 0 Å². The largest absolute Gasteiger partial charge is 0.490 e. The fourth-order valence-corrected chi connectivity index (χ4v) is 4.64. The van der Waals surface area contributed by atoms with Crippen molar-refractivity contribution < 1.29 is 36.2 Å². The van der Waals surface area contributed by atoms with Crippen LogP contribution in [0.3, 0.4) is 0 Å². The number of sulfonamides is 1. The summed E-state index contributed by atoms with van der Waals surface area (Å²) in [5.74, 6) is -1.67. The fourth-order valence-electron chi connectivity index (χ4n) is 3.20. The van der Waals surface area contributed by atoms with Gasteiger partial charge < -0.3 is 14.7 Å². The molecule has 168 valence electrons. The lowest BCUT2D eigenvalue weighted by atomic mass is 10.1. The predicted molar refractivity (Wildman–Crippen MR) is 102 cm³/mol. The summed E-state index contributed by atoms with van der Waals surface area (Å²) in [6.45, 7) is 1.39. The fraction of sp³-hybridized carbons (Fsp3) is 0.389. The van der Waals surface area contributed by atoms with E-state index < -0.39 is 22.2 Å². The quantitative estimate of drug-likeness (QED) is 0.661. The Kier molecular flexibility index (Phi) is 6.65. The van der Waals surface area contributed by atoms with Gasteiger partial charge in [0.15, 0.2) is 0 Å². The van der Waals surface area contributed by atoms with E-state index in [1.807, 2.05) is 0 Å². The van der Waals surface area contributed by atoms with Crippen LogP contribution in [-0.4, -0.2) is 60.9 Å². The normalized spacial score (nSPS) is 22.4. The molecular weight excluding hydrogens is 441 g/mol. The van der Waals surface area contributed by atoms with E-state index in [1.165, 1.54) is 0 Å². The van der Waals surface area contributed by atoms with Crippen LogP contribution >= 0.6 is 0 Å². The zero-order valence-corrected chi connectivity index (χ0v) is 16.8. The molecular formula is C18H19F3N4O5S.